The highest BCUT2D eigenvalue weighted by atomic mass is 16.5. The molecule has 0 fully saturated rings. The van der Waals surface area contributed by atoms with Crippen LogP contribution in [0.4, 0.5) is 0 Å². The van der Waals surface area contributed by atoms with E-state index in [0.29, 0.717) is 12.8 Å². The highest BCUT2D eigenvalue weighted by molar-refractivity contribution is 5.80. The number of aliphatic hydroxyl groups is 1. The molecule has 1 amide bonds. The lowest BCUT2D eigenvalue weighted by molar-refractivity contribution is -0.411. The molecule has 8 heteroatoms. The lowest BCUT2D eigenvalue weighted by Crippen LogP contribution is -2.70. The molecule has 0 aromatic rings. The molecule has 298 valence electrons. The average Bonchev–Trinajstić information content (AvgIpc) is 3.13. The first-order chi connectivity index (χ1) is 25.0. The molecule has 0 rings (SSSR count). The van der Waals surface area contributed by atoms with Gasteiger partial charge in [-0.1, -0.05) is 141 Å². The monoisotopic (exact) mass is 722 g/mol. The molecular weight excluding hydrogens is 640 g/mol. The minimum Gasteiger partial charge on any atom is -0.464 e. The van der Waals surface area contributed by atoms with Gasteiger partial charge in [-0.05, 0) is 64.2 Å². The number of quaternary nitrogens is 1. The van der Waals surface area contributed by atoms with Gasteiger partial charge in [0.1, 0.15) is 19.8 Å². The summed E-state index contributed by atoms with van der Waals surface area (Å²) in [7, 11) is 0. The zero-order valence-electron chi connectivity index (χ0n) is 33.4. The van der Waals surface area contributed by atoms with E-state index in [1.165, 1.54) is 120 Å². The standard InChI is InChI=1S/C43H80N2O6/c1-3-5-7-9-11-13-15-17-19-21-23-25-27-29-31-33-41(47)50-37-35-45(43(49)40(44)39-46)36-38-51-42(48)34-32-30-28-26-24-22-20-18-16-14-12-10-8-6-4-2/h17-20,40,46H,3-16,21-39,44H2,1-2H3/p+1/b19-17-,20-18-. The molecule has 0 saturated heterocycles. The van der Waals surface area contributed by atoms with Gasteiger partial charge in [0.15, 0.2) is 6.04 Å². The van der Waals surface area contributed by atoms with E-state index in [1.54, 1.807) is 0 Å². The SMILES string of the molecule is CCCCCCCC/C=C\CCCCCCCC(=O)OCCN(CCOC(=O)CCCCCCC/C=C\CCCCCCCC)C(=O)C([NH3+])CO. The smallest absolute Gasteiger partial charge is 0.305 e. The molecule has 4 N–H and O–H groups in total. The lowest BCUT2D eigenvalue weighted by atomic mass is 10.1. The van der Waals surface area contributed by atoms with E-state index in [2.05, 4.69) is 43.9 Å². The van der Waals surface area contributed by atoms with Crippen molar-refractivity contribution in [2.45, 2.75) is 200 Å². The quantitative estimate of drug-likeness (QED) is 0.0372. The number of nitrogens with zero attached hydrogens (tertiary/aromatic N) is 1. The van der Waals surface area contributed by atoms with Gasteiger partial charge >= 0.3 is 11.9 Å². The van der Waals surface area contributed by atoms with Crippen LogP contribution < -0.4 is 5.73 Å². The van der Waals surface area contributed by atoms with Crippen LogP contribution in [-0.2, 0) is 23.9 Å². The molecule has 0 aliphatic heterocycles. The van der Waals surface area contributed by atoms with E-state index < -0.39 is 6.04 Å². The average molecular weight is 722 g/mol. The molecule has 1 atom stereocenters. The molecule has 0 aromatic carbocycles. The molecule has 0 heterocycles. The molecule has 0 aliphatic rings. The van der Waals surface area contributed by atoms with Crippen molar-refractivity contribution >= 4 is 17.8 Å². The third-order valence-corrected chi connectivity index (χ3v) is 9.42. The number of unbranched alkanes of at least 4 members (excludes halogenated alkanes) is 22. The molecule has 8 nitrogen and oxygen atoms in total. The van der Waals surface area contributed by atoms with Crippen molar-refractivity contribution in [3.63, 3.8) is 0 Å². The van der Waals surface area contributed by atoms with Crippen LogP contribution >= 0.6 is 0 Å². The van der Waals surface area contributed by atoms with E-state index in [-0.39, 0.29) is 50.8 Å². The van der Waals surface area contributed by atoms with Crippen molar-refractivity contribution in [1.82, 2.24) is 4.90 Å². The van der Waals surface area contributed by atoms with Crippen molar-refractivity contribution in [3.05, 3.63) is 24.3 Å². The molecule has 0 saturated carbocycles. The van der Waals surface area contributed by atoms with E-state index >= 15 is 0 Å². The molecule has 0 aliphatic carbocycles. The number of amides is 1. The van der Waals surface area contributed by atoms with Crippen molar-refractivity contribution in [1.29, 1.82) is 0 Å². The van der Waals surface area contributed by atoms with E-state index in [1.807, 2.05) is 0 Å². The number of allylic oxidation sites excluding steroid dienone is 4. The molecule has 0 bridgehead atoms. The molecular formula is C43H81N2O6+. The molecule has 0 radical (unpaired) electrons. The maximum Gasteiger partial charge on any atom is 0.305 e. The van der Waals surface area contributed by atoms with Crippen LogP contribution in [-0.4, -0.2) is 66.8 Å². The predicted molar refractivity (Wildman–Crippen MR) is 211 cm³/mol. The summed E-state index contributed by atoms with van der Waals surface area (Å²) in [6.07, 6.45) is 41.4. The second kappa shape index (κ2) is 39.0. The zero-order chi connectivity index (χ0) is 37.5. The lowest BCUT2D eigenvalue weighted by Gasteiger charge is -2.23. The minimum atomic E-state index is -0.817. The Morgan fingerprint density at radius 3 is 1.18 bits per heavy atom. The summed E-state index contributed by atoms with van der Waals surface area (Å²) in [6.45, 7) is 4.62. The number of rotatable bonds is 38. The van der Waals surface area contributed by atoms with E-state index in [9.17, 15) is 19.5 Å². The van der Waals surface area contributed by atoms with Gasteiger partial charge in [0.25, 0.3) is 5.91 Å². The summed E-state index contributed by atoms with van der Waals surface area (Å²) in [6, 6.07) is -0.817. The van der Waals surface area contributed by atoms with Crippen molar-refractivity contribution in [3.8, 4) is 0 Å². The Balaban J connectivity index is 3.94. The van der Waals surface area contributed by atoms with Crippen LogP contribution in [0.15, 0.2) is 24.3 Å². The number of hydrogen-bond donors (Lipinski definition) is 2. The Morgan fingerprint density at radius 1 is 0.529 bits per heavy atom. The zero-order valence-corrected chi connectivity index (χ0v) is 33.4. The van der Waals surface area contributed by atoms with Gasteiger partial charge in [0.05, 0.1) is 13.1 Å². The topological polar surface area (TPSA) is 121 Å². The summed E-state index contributed by atoms with van der Waals surface area (Å²) in [5.41, 5.74) is 3.71. The second-order valence-corrected chi connectivity index (χ2v) is 14.3. The van der Waals surface area contributed by atoms with E-state index in [4.69, 9.17) is 9.47 Å². The number of carbonyl (C=O) groups excluding carboxylic acids is 3. The highest BCUT2D eigenvalue weighted by Gasteiger charge is 2.23. The Hall–Kier alpha value is -2.19. The van der Waals surface area contributed by atoms with Crippen LogP contribution in [0.3, 0.4) is 0 Å². The summed E-state index contributed by atoms with van der Waals surface area (Å²) in [5.74, 6) is -0.876. The molecule has 1 unspecified atom stereocenters. The molecule has 51 heavy (non-hydrogen) atoms. The third kappa shape index (κ3) is 34.7. The normalized spacial score (nSPS) is 12.2. The third-order valence-electron chi connectivity index (χ3n) is 9.42. The van der Waals surface area contributed by atoms with Gasteiger partial charge in [-0.25, -0.2) is 0 Å². The minimum absolute atomic E-state index is 0.0661. The first-order valence-corrected chi connectivity index (χ1v) is 21.3. The summed E-state index contributed by atoms with van der Waals surface area (Å²) in [5, 5.41) is 9.42. The number of carbonyl (C=O) groups is 3. The number of esters is 2. The van der Waals surface area contributed by atoms with Gasteiger partial charge in [0, 0.05) is 12.8 Å². The first kappa shape index (κ1) is 48.8. The highest BCUT2D eigenvalue weighted by Crippen LogP contribution is 2.12. The van der Waals surface area contributed by atoms with Crippen LogP contribution in [0.25, 0.3) is 0 Å². The van der Waals surface area contributed by atoms with Crippen LogP contribution in [0, 0.1) is 0 Å². The number of ether oxygens (including phenoxy) is 2. The first-order valence-electron chi connectivity index (χ1n) is 21.3. The van der Waals surface area contributed by atoms with Crippen molar-refractivity contribution in [2.75, 3.05) is 32.9 Å². The maximum atomic E-state index is 12.7. The summed E-state index contributed by atoms with van der Waals surface area (Å²) in [4.78, 5) is 38.6. The maximum absolute atomic E-state index is 12.7. The van der Waals surface area contributed by atoms with Crippen LogP contribution in [0.2, 0.25) is 0 Å². The van der Waals surface area contributed by atoms with Gasteiger partial charge in [-0.2, -0.15) is 0 Å². The largest absolute Gasteiger partial charge is 0.464 e. The Bertz CT molecular complexity index is 803. The van der Waals surface area contributed by atoms with Gasteiger partial charge in [0.2, 0.25) is 0 Å². The van der Waals surface area contributed by atoms with Gasteiger partial charge in [-0.3, -0.25) is 14.4 Å². The van der Waals surface area contributed by atoms with Crippen LogP contribution in [0.1, 0.15) is 194 Å². The Morgan fingerprint density at radius 2 is 0.843 bits per heavy atom. The van der Waals surface area contributed by atoms with Gasteiger partial charge < -0.3 is 25.2 Å². The summed E-state index contributed by atoms with van der Waals surface area (Å²) < 4.78 is 10.8. The van der Waals surface area contributed by atoms with Crippen LogP contribution in [0.5, 0.6) is 0 Å². The fourth-order valence-electron chi connectivity index (χ4n) is 6.03. The predicted octanol–water partition coefficient (Wildman–Crippen LogP) is 9.58. The van der Waals surface area contributed by atoms with Gasteiger partial charge in [-0.15, -0.1) is 0 Å². The molecule has 0 aromatic heterocycles. The fourth-order valence-corrected chi connectivity index (χ4v) is 6.03. The second-order valence-electron chi connectivity index (χ2n) is 14.3. The fraction of sp³-hybridized carbons (Fsp3) is 0.837. The Labute approximate surface area is 313 Å². The molecule has 0 spiro atoms. The summed E-state index contributed by atoms with van der Waals surface area (Å²) >= 11 is 0. The Kier molecular flexibility index (Phi) is 37.4. The number of hydrogen-bond acceptors (Lipinski definition) is 6. The van der Waals surface area contributed by atoms with Crippen molar-refractivity contribution < 1.29 is 34.7 Å². The van der Waals surface area contributed by atoms with Crippen molar-refractivity contribution in [2.24, 2.45) is 0 Å². The number of aliphatic hydroxyl groups excluding tert-OH is 1. The van der Waals surface area contributed by atoms with E-state index in [0.717, 1.165) is 51.4 Å².